The fourth-order valence-corrected chi connectivity index (χ4v) is 5.91. The summed E-state index contributed by atoms with van der Waals surface area (Å²) < 4.78 is 44.4. The van der Waals surface area contributed by atoms with Crippen molar-refractivity contribution in [2.75, 3.05) is 43.5 Å². The summed E-state index contributed by atoms with van der Waals surface area (Å²) in [6.07, 6.45) is 0.537. The number of hydrogen-bond acceptors (Lipinski definition) is 7. The van der Waals surface area contributed by atoms with Gasteiger partial charge in [-0.25, -0.2) is 8.42 Å². The van der Waals surface area contributed by atoms with Gasteiger partial charge in [-0.2, -0.15) is 0 Å². The monoisotopic (exact) mass is 617 g/mol. The number of para-hydroxylation sites is 1. The minimum absolute atomic E-state index is 0.0379. The lowest BCUT2D eigenvalue weighted by Gasteiger charge is -2.24. The Hall–Kier alpha value is -5.03. The first-order chi connectivity index (χ1) is 21.3. The van der Waals surface area contributed by atoms with Crippen molar-refractivity contribution < 1.29 is 32.2 Å². The van der Waals surface area contributed by atoms with E-state index in [2.05, 4.69) is 10.6 Å². The van der Waals surface area contributed by atoms with E-state index in [9.17, 15) is 18.0 Å². The predicted molar refractivity (Wildman–Crippen MR) is 169 cm³/mol. The normalized spacial score (nSPS) is 10.9. The minimum Gasteiger partial charge on any atom is -0.494 e. The number of nitrogens with zero attached hydrogens (tertiary/aromatic N) is 1. The molecule has 0 unspecified atom stereocenters. The highest BCUT2D eigenvalue weighted by Crippen LogP contribution is 2.28. The molecule has 2 N–H and O–H groups in total. The third-order valence-corrected chi connectivity index (χ3v) is 8.44. The minimum atomic E-state index is -4.11. The number of rotatable bonds is 14. The second kappa shape index (κ2) is 14.9. The van der Waals surface area contributed by atoms with Gasteiger partial charge < -0.3 is 24.8 Å². The molecule has 4 rings (SSSR count). The first kappa shape index (κ1) is 31.9. The summed E-state index contributed by atoms with van der Waals surface area (Å²) in [7, 11) is -0.983. The van der Waals surface area contributed by atoms with Crippen molar-refractivity contribution in [2.45, 2.75) is 18.2 Å². The highest BCUT2D eigenvalue weighted by Gasteiger charge is 2.27. The molecule has 0 aliphatic heterocycles. The van der Waals surface area contributed by atoms with Crippen LogP contribution < -0.4 is 29.1 Å². The van der Waals surface area contributed by atoms with Crippen LogP contribution >= 0.6 is 0 Å². The van der Waals surface area contributed by atoms with Gasteiger partial charge in [-0.3, -0.25) is 13.9 Å². The molecule has 0 fully saturated rings. The number of amides is 2. The number of sulfonamides is 1. The lowest BCUT2D eigenvalue weighted by molar-refractivity contribution is -0.114. The van der Waals surface area contributed by atoms with Crippen LogP contribution in [-0.4, -0.2) is 54.1 Å². The summed E-state index contributed by atoms with van der Waals surface area (Å²) in [6.45, 7) is 2.11. The third-order valence-electron chi connectivity index (χ3n) is 6.65. The van der Waals surface area contributed by atoms with Crippen molar-refractivity contribution in [3.63, 3.8) is 0 Å². The Morgan fingerprint density at radius 1 is 0.818 bits per heavy atom. The van der Waals surface area contributed by atoms with Crippen LogP contribution in [0.3, 0.4) is 0 Å². The molecule has 0 aliphatic carbocycles. The molecule has 230 valence electrons. The van der Waals surface area contributed by atoms with E-state index in [0.717, 1.165) is 9.87 Å². The predicted octanol–water partition coefficient (Wildman–Crippen LogP) is 4.91. The van der Waals surface area contributed by atoms with Gasteiger partial charge in [0.15, 0.2) is 11.5 Å². The number of carbonyl (C=O) groups excluding carboxylic acids is 2. The van der Waals surface area contributed by atoms with Crippen molar-refractivity contribution in [1.82, 2.24) is 5.32 Å². The van der Waals surface area contributed by atoms with Crippen LogP contribution in [-0.2, 0) is 21.2 Å². The number of hydrogen-bond donors (Lipinski definition) is 2. The average Bonchev–Trinajstić information content (AvgIpc) is 3.04. The number of nitrogens with one attached hydrogen (secondary N) is 2. The van der Waals surface area contributed by atoms with E-state index in [-0.39, 0.29) is 27.7 Å². The summed E-state index contributed by atoms with van der Waals surface area (Å²) in [5.41, 5.74) is 1.73. The Labute approximate surface area is 257 Å². The Kier molecular flexibility index (Phi) is 10.8. The van der Waals surface area contributed by atoms with Crippen LogP contribution in [0.1, 0.15) is 22.8 Å². The Bertz CT molecular complexity index is 1680. The van der Waals surface area contributed by atoms with Crippen LogP contribution in [0.15, 0.2) is 102 Å². The maximum absolute atomic E-state index is 13.7. The maximum atomic E-state index is 13.7. The number of carbonyl (C=O) groups is 2. The van der Waals surface area contributed by atoms with Crippen LogP contribution in [0, 0.1) is 0 Å². The molecule has 0 aliphatic rings. The second-order valence-corrected chi connectivity index (χ2v) is 11.4. The number of ether oxygens (including phenoxy) is 3. The van der Waals surface area contributed by atoms with Crippen molar-refractivity contribution in [2.24, 2.45) is 0 Å². The van der Waals surface area contributed by atoms with E-state index >= 15 is 0 Å². The lowest BCUT2D eigenvalue weighted by atomic mass is 10.1. The summed E-state index contributed by atoms with van der Waals surface area (Å²) in [5, 5.41) is 5.60. The zero-order chi connectivity index (χ0) is 31.5. The molecule has 0 aromatic heterocycles. The summed E-state index contributed by atoms with van der Waals surface area (Å²) in [4.78, 5) is 26.5. The average molecular weight is 618 g/mol. The van der Waals surface area contributed by atoms with E-state index in [4.69, 9.17) is 14.2 Å². The third kappa shape index (κ3) is 7.87. The zero-order valence-corrected chi connectivity index (χ0v) is 25.6. The van der Waals surface area contributed by atoms with E-state index < -0.39 is 22.5 Å². The molecule has 10 nitrogen and oxygen atoms in total. The van der Waals surface area contributed by atoms with Gasteiger partial charge in [-0.05, 0) is 79.6 Å². The quantitative estimate of drug-likeness (QED) is 0.206. The SMILES string of the molecule is CCOc1ccc(N(CC(=O)Nc2ccccc2C(=O)NCCc2ccc(OC)c(OC)c2)S(=O)(=O)c2ccccc2)cc1. The van der Waals surface area contributed by atoms with Crippen LogP contribution in [0.2, 0.25) is 0 Å². The van der Waals surface area contributed by atoms with Crippen molar-refractivity contribution in [3.05, 3.63) is 108 Å². The summed E-state index contributed by atoms with van der Waals surface area (Å²) in [5.74, 6) is 0.773. The van der Waals surface area contributed by atoms with Gasteiger partial charge in [0.1, 0.15) is 12.3 Å². The zero-order valence-electron chi connectivity index (χ0n) is 24.8. The molecule has 0 atom stereocenters. The number of anilines is 2. The molecule has 4 aromatic carbocycles. The van der Waals surface area contributed by atoms with Crippen LogP contribution in [0.4, 0.5) is 11.4 Å². The lowest BCUT2D eigenvalue weighted by Crippen LogP contribution is -2.38. The van der Waals surface area contributed by atoms with E-state index in [1.54, 1.807) is 87.0 Å². The Morgan fingerprint density at radius 2 is 1.50 bits per heavy atom. The summed E-state index contributed by atoms with van der Waals surface area (Å²) >= 11 is 0. The fraction of sp³-hybridized carbons (Fsp3) is 0.212. The molecule has 4 aromatic rings. The number of benzene rings is 4. The molecular formula is C33H35N3O7S. The van der Waals surface area contributed by atoms with Gasteiger partial charge in [-0.15, -0.1) is 0 Å². The van der Waals surface area contributed by atoms with E-state index in [1.165, 1.54) is 12.1 Å². The molecule has 11 heteroatoms. The fourth-order valence-electron chi connectivity index (χ4n) is 4.47. The second-order valence-electron chi connectivity index (χ2n) is 9.54. The molecular weight excluding hydrogens is 582 g/mol. The van der Waals surface area contributed by atoms with E-state index in [0.29, 0.717) is 36.8 Å². The molecule has 2 amide bonds. The topological polar surface area (TPSA) is 123 Å². The van der Waals surface area contributed by atoms with Gasteiger partial charge in [0.2, 0.25) is 5.91 Å². The first-order valence-corrected chi connectivity index (χ1v) is 15.4. The van der Waals surface area contributed by atoms with Gasteiger partial charge in [0.25, 0.3) is 15.9 Å². The van der Waals surface area contributed by atoms with Crippen LogP contribution in [0.5, 0.6) is 17.2 Å². The maximum Gasteiger partial charge on any atom is 0.264 e. The highest BCUT2D eigenvalue weighted by molar-refractivity contribution is 7.92. The van der Waals surface area contributed by atoms with E-state index in [1.807, 2.05) is 19.1 Å². The molecule has 0 bridgehead atoms. The Morgan fingerprint density at radius 3 is 2.18 bits per heavy atom. The van der Waals surface area contributed by atoms with Crippen molar-refractivity contribution >= 4 is 33.2 Å². The molecule has 0 heterocycles. The van der Waals surface area contributed by atoms with Crippen molar-refractivity contribution in [3.8, 4) is 17.2 Å². The van der Waals surface area contributed by atoms with Gasteiger partial charge in [-0.1, -0.05) is 36.4 Å². The standard InChI is InChI=1S/C33H35N3O7S/c1-4-43-26-17-15-25(16-18-26)36(44(39,40)27-10-6-5-7-11-27)23-32(37)35-29-13-9-8-12-28(29)33(38)34-21-20-24-14-19-30(41-2)31(22-24)42-3/h5-19,22H,4,20-21,23H2,1-3H3,(H,34,38)(H,35,37). The molecule has 44 heavy (non-hydrogen) atoms. The molecule has 0 spiro atoms. The van der Waals surface area contributed by atoms with Crippen LogP contribution in [0.25, 0.3) is 0 Å². The molecule has 0 radical (unpaired) electrons. The largest absolute Gasteiger partial charge is 0.494 e. The van der Waals surface area contributed by atoms with Gasteiger partial charge in [0, 0.05) is 6.54 Å². The highest BCUT2D eigenvalue weighted by atomic mass is 32.2. The van der Waals surface area contributed by atoms with Gasteiger partial charge in [0.05, 0.1) is 42.7 Å². The first-order valence-electron chi connectivity index (χ1n) is 14.0. The Balaban J connectivity index is 1.49. The molecule has 0 saturated carbocycles. The van der Waals surface area contributed by atoms with Gasteiger partial charge >= 0.3 is 0 Å². The molecule has 0 saturated heterocycles. The number of methoxy groups -OCH3 is 2. The van der Waals surface area contributed by atoms with Crippen molar-refractivity contribution in [1.29, 1.82) is 0 Å². The summed E-state index contributed by atoms with van der Waals surface area (Å²) in [6, 6.07) is 26.4. The smallest absolute Gasteiger partial charge is 0.264 e.